The molecule has 1 heterocycles. The topological polar surface area (TPSA) is 64.9 Å². The van der Waals surface area contributed by atoms with Gasteiger partial charge in [-0.25, -0.2) is 0 Å². The third-order valence-corrected chi connectivity index (χ3v) is 2.33. The molecule has 0 aliphatic heterocycles. The van der Waals surface area contributed by atoms with E-state index in [2.05, 4.69) is 4.98 Å². The van der Waals surface area contributed by atoms with Crippen LogP contribution in [0.2, 0.25) is 0 Å². The van der Waals surface area contributed by atoms with E-state index >= 15 is 0 Å². The fraction of sp³-hybridized carbons (Fsp3) is 0.545. The normalized spacial score (nSPS) is 12.7. The van der Waals surface area contributed by atoms with E-state index in [1.807, 2.05) is 18.3 Å². The molecule has 0 aliphatic carbocycles. The van der Waals surface area contributed by atoms with Crippen LogP contribution in [0.25, 0.3) is 0 Å². The van der Waals surface area contributed by atoms with Gasteiger partial charge in [0.05, 0.1) is 0 Å². The van der Waals surface area contributed by atoms with Crippen LogP contribution in [0.4, 0.5) is 0 Å². The molecule has 3 heteroatoms. The van der Waals surface area contributed by atoms with Gasteiger partial charge in [-0.1, -0.05) is 18.9 Å². The molecular formula is C11H19N3. The van der Waals surface area contributed by atoms with E-state index in [1.54, 1.807) is 6.20 Å². The summed E-state index contributed by atoms with van der Waals surface area (Å²) in [6, 6.07) is 4.08. The summed E-state index contributed by atoms with van der Waals surface area (Å²) in [4.78, 5) is 4.05. The van der Waals surface area contributed by atoms with E-state index in [-0.39, 0.29) is 6.04 Å². The number of hydrogen-bond acceptors (Lipinski definition) is 3. The van der Waals surface area contributed by atoms with Crippen LogP contribution < -0.4 is 11.5 Å². The predicted molar refractivity (Wildman–Crippen MR) is 58.7 cm³/mol. The fourth-order valence-corrected chi connectivity index (χ4v) is 1.45. The average Bonchev–Trinajstić information content (AvgIpc) is 2.25. The highest BCUT2D eigenvalue weighted by Crippen LogP contribution is 2.15. The highest BCUT2D eigenvalue weighted by atomic mass is 14.7. The van der Waals surface area contributed by atoms with Gasteiger partial charge in [-0.3, -0.25) is 4.98 Å². The molecule has 14 heavy (non-hydrogen) atoms. The molecular weight excluding hydrogens is 174 g/mol. The van der Waals surface area contributed by atoms with Crippen LogP contribution in [0.15, 0.2) is 24.5 Å². The first-order valence-corrected chi connectivity index (χ1v) is 5.20. The second-order valence-corrected chi connectivity index (χ2v) is 3.53. The van der Waals surface area contributed by atoms with E-state index in [1.165, 1.54) is 6.42 Å². The highest BCUT2D eigenvalue weighted by Gasteiger charge is 2.04. The first kappa shape index (κ1) is 11.1. The van der Waals surface area contributed by atoms with Crippen molar-refractivity contribution in [3.05, 3.63) is 30.1 Å². The van der Waals surface area contributed by atoms with Crippen LogP contribution >= 0.6 is 0 Å². The Balaban J connectivity index is 2.25. The standard InChI is InChI=1S/C11H19N3/c12-7-3-1-2-6-11(13)10-5-4-8-14-9-10/h4-5,8-9,11H,1-3,6-7,12-13H2/t11-/m1/s1. The lowest BCUT2D eigenvalue weighted by molar-refractivity contribution is 0.572. The Morgan fingerprint density at radius 3 is 2.79 bits per heavy atom. The second-order valence-electron chi connectivity index (χ2n) is 3.53. The number of aromatic nitrogens is 1. The number of pyridine rings is 1. The monoisotopic (exact) mass is 193 g/mol. The smallest absolute Gasteiger partial charge is 0.0315 e. The zero-order valence-electron chi connectivity index (χ0n) is 8.52. The van der Waals surface area contributed by atoms with Crippen molar-refractivity contribution in [1.82, 2.24) is 4.98 Å². The van der Waals surface area contributed by atoms with Crippen molar-refractivity contribution >= 4 is 0 Å². The van der Waals surface area contributed by atoms with E-state index < -0.39 is 0 Å². The Morgan fingerprint density at radius 2 is 2.14 bits per heavy atom. The fourth-order valence-electron chi connectivity index (χ4n) is 1.45. The lowest BCUT2D eigenvalue weighted by Crippen LogP contribution is -2.10. The summed E-state index contributed by atoms with van der Waals surface area (Å²) in [7, 11) is 0. The summed E-state index contributed by atoms with van der Waals surface area (Å²) >= 11 is 0. The van der Waals surface area contributed by atoms with Gasteiger partial charge in [0, 0.05) is 18.4 Å². The summed E-state index contributed by atoms with van der Waals surface area (Å²) in [5, 5.41) is 0. The van der Waals surface area contributed by atoms with Gasteiger partial charge in [-0.05, 0) is 31.0 Å². The van der Waals surface area contributed by atoms with Crippen molar-refractivity contribution < 1.29 is 0 Å². The van der Waals surface area contributed by atoms with Crippen LogP contribution in [0.5, 0.6) is 0 Å². The second kappa shape index (κ2) is 6.51. The summed E-state index contributed by atoms with van der Waals surface area (Å²) in [6.45, 7) is 0.780. The number of nitrogens with two attached hydrogens (primary N) is 2. The summed E-state index contributed by atoms with van der Waals surface area (Å²) in [5.41, 5.74) is 12.5. The van der Waals surface area contributed by atoms with Gasteiger partial charge >= 0.3 is 0 Å². The first-order valence-electron chi connectivity index (χ1n) is 5.20. The number of unbranched alkanes of at least 4 members (excludes halogenated alkanes) is 2. The summed E-state index contributed by atoms with van der Waals surface area (Å²) < 4.78 is 0. The van der Waals surface area contributed by atoms with Gasteiger partial charge in [-0.15, -0.1) is 0 Å². The van der Waals surface area contributed by atoms with Gasteiger partial charge in [-0.2, -0.15) is 0 Å². The zero-order chi connectivity index (χ0) is 10.2. The third-order valence-electron chi connectivity index (χ3n) is 2.33. The maximum atomic E-state index is 6.01. The zero-order valence-corrected chi connectivity index (χ0v) is 8.52. The van der Waals surface area contributed by atoms with E-state index in [9.17, 15) is 0 Å². The van der Waals surface area contributed by atoms with Crippen LogP contribution in [0, 0.1) is 0 Å². The molecule has 4 N–H and O–H groups in total. The van der Waals surface area contributed by atoms with Gasteiger partial charge in [0.15, 0.2) is 0 Å². The van der Waals surface area contributed by atoms with Crippen molar-refractivity contribution in [3.8, 4) is 0 Å². The Labute approximate surface area is 85.5 Å². The molecule has 0 saturated carbocycles. The lowest BCUT2D eigenvalue weighted by Gasteiger charge is -2.10. The lowest BCUT2D eigenvalue weighted by atomic mass is 10.0. The largest absolute Gasteiger partial charge is 0.330 e. The maximum absolute atomic E-state index is 6.01. The van der Waals surface area contributed by atoms with Gasteiger partial charge < -0.3 is 11.5 Å². The molecule has 0 radical (unpaired) electrons. The van der Waals surface area contributed by atoms with Crippen molar-refractivity contribution in [2.24, 2.45) is 11.5 Å². The Hall–Kier alpha value is -0.930. The molecule has 0 amide bonds. The third kappa shape index (κ3) is 3.85. The molecule has 0 saturated heterocycles. The molecule has 1 aromatic rings. The Morgan fingerprint density at radius 1 is 1.29 bits per heavy atom. The Bertz CT molecular complexity index is 236. The minimum absolute atomic E-state index is 0.126. The van der Waals surface area contributed by atoms with E-state index in [0.717, 1.165) is 31.4 Å². The van der Waals surface area contributed by atoms with Crippen LogP contribution in [-0.4, -0.2) is 11.5 Å². The minimum atomic E-state index is 0.126. The Kier molecular flexibility index (Phi) is 5.19. The van der Waals surface area contributed by atoms with Crippen LogP contribution in [0.1, 0.15) is 37.3 Å². The molecule has 1 aromatic heterocycles. The van der Waals surface area contributed by atoms with Crippen molar-refractivity contribution in [1.29, 1.82) is 0 Å². The minimum Gasteiger partial charge on any atom is -0.330 e. The number of nitrogens with zero attached hydrogens (tertiary/aromatic N) is 1. The number of rotatable bonds is 6. The van der Waals surface area contributed by atoms with Crippen LogP contribution in [0.3, 0.4) is 0 Å². The molecule has 78 valence electrons. The molecule has 3 nitrogen and oxygen atoms in total. The molecule has 0 spiro atoms. The maximum Gasteiger partial charge on any atom is 0.0315 e. The summed E-state index contributed by atoms with van der Waals surface area (Å²) in [5.74, 6) is 0. The van der Waals surface area contributed by atoms with Crippen molar-refractivity contribution in [3.63, 3.8) is 0 Å². The van der Waals surface area contributed by atoms with Crippen molar-refractivity contribution in [2.45, 2.75) is 31.7 Å². The van der Waals surface area contributed by atoms with Crippen molar-refractivity contribution in [2.75, 3.05) is 6.54 Å². The predicted octanol–water partition coefficient (Wildman–Crippen LogP) is 1.60. The SMILES string of the molecule is NCCCCC[C@@H](N)c1cccnc1. The molecule has 1 rings (SSSR count). The van der Waals surface area contributed by atoms with Crippen LogP contribution in [-0.2, 0) is 0 Å². The molecule has 1 atom stereocenters. The summed E-state index contributed by atoms with van der Waals surface area (Å²) in [6.07, 6.45) is 8.04. The van der Waals surface area contributed by atoms with Gasteiger partial charge in [0.2, 0.25) is 0 Å². The van der Waals surface area contributed by atoms with E-state index in [4.69, 9.17) is 11.5 Å². The van der Waals surface area contributed by atoms with E-state index in [0.29, 0.717) is 0 Å². The molecule has 0 aliphatic rings. The molecule has 0 fully saturated rings. The highest BCUT2D eigenvalue weighted by molar-refractivity contribution is 5.12. The molecule has 0 bridgehead atoms. The van der Waals surface area contributed by atoms with Gasteiger partial charge in [0.25, 0.3) is 0 Å². The average molecular weight is 193 g/mol. The molecule has 0 aromatic carbocycles. The number of hydrogen-bond donors (Lipinski definition) is 2. The quantitative estimate of drug-likeness (QED) is 0.674. The van der Waals surface area contributed by atoms with Gasteiger partial charge in [0.1, 0.15) is 0 Å². The first-order chi connectivity index (χ1) is 6.84. The molecule has 0 unspecified atom stereocenters.